The third-order valence-electron chi connectivity index (χ3n) is 7.44. The van der Waals surface area contributed by atoms with Crippen LogP contribution in [0.5, 0.6) is 0 Å². The zero-order valence-corrected chi connectivity index (χ0v) is 24.9. The maximum atomic E-state index is 12.5. The number of halogens is 2. The van der Waals surface area contributed by atoms with Gasteiger partial charge in [-0.25, -0.2) is 19.8 Å². The van der Waals surface area contributed by atoms with E-state index in [9.17, 15) is 13.2 Å². The largest absolute Gasteiger partial charge is 0.382 e. The zero-order valence-electron chi connectivity index (χ0n) is 22.5. The van der Waals surface area contributed by atoms with Gasteiger partial charge in [-0.2, -0.15) is 8.42 Å². The average molecular weight is 615 g/mol. The molecule has 12 nitrogen and oxygen atoms in total. The molecule has 2 aliphatic heterocycles. The number of piperidine rings is 1. The van der Waals surface area contributed by atoms with Crippen molar-refractivity contribution in [2.24, 2.45) is 5.14 Å². The van der Waals surface area contributed by atoms with E-state index >= 15 is 0 Å². The van der Waals surface area contributed by atoms with Crippen molar-refractivity contribution in [3.8, 4) is 0 Å². The van der Waals surface area contributed by atoms with Crippen molar-refractivity contribution in [1.82, 2.24) is 29.8 Å². The summed E-state index contributed by atoms with van der Waals surface area (Å²) in [7, 11) is -3.84. The van der Waals surface area contributed by atoms with Crippen LogP contribution in [0.3, 0.4) is 0 Å². The van der Waals surface area contributed by atoms with E-state index in [-0.39, 0.29) is 29.8 Å². The Morgan fingerprint density at radius 1 is 1.07 bits per heavy atom. The fraction of sp³-hybridized carbons (Fsp3) is 0.560. The van der Waals surface area contributed by atoms with E-state index in [0.29, 0.717) is 17.9 Å². The summed E-state index contributed by atoms with van der Waals surface area (Å²) in [6, 6.07) is 8.93. The van der Waals surface area contributed by atoms with Gasteiger partial charge in [0, 0.05) is 56.4 Å². The quantitative estimate of drug-likeness (QED) is 0.290. The van der Waals surface area contributed by atoms with Gasteiger partial charge in [-0.3, -0.25) is 14.6 Å². The smallest absolute Gasteiger partial charge is 0.274 e. The number of nitrogens with zero attached hydrogens (tertiary/aromatic N) is 5. The first-order chi connectivity index (χ1) is 19.0. The molecule has 6 N–H and O–H groups in total. The van der Waals surface area contributed by atoms with Gasteiger partial charge in [-0.05, 0) is 50.0 Å². The van der Waals surface area contributed by atoms with Crippen molar-refractivity contribution in [2.75, 3.05) is 56.4 Å². The summed E-state index contributed by atoms with van der Waals surface area (Å²) < 4.78 is 24.0. The van der Waals surface area contributed by atoms with Crippen molar-refractivity contribution in [3.05, 3.63) is 45.7 Å². The SMILES string of the molecule is CC[C@H]1CN(c2nc(N)c(C(=O)NCCNS(N)(=O)=O)nc2Cl)CCN1C1CCN(Cc2ccc(Cl)cc2)CC1. The minimum Gasteiger partial charge on any atom is -0.382 e. The Hall–Kier alpha value is -2.26. The van der Waals surface area contributed by atoms with Gasteiger partial charge in [0.05, 0.1) is 0 Å². The molecule has 2 aromatic rings. The monoisotopic (exact) mass is 613 g/mol. The second kappa shape index (κ2) is 13.6. The van der Waals surface area contributed by atoms with E-state index < -0.39 is 16.1 Å². The van der Waals surface area contributed by atoms with Gasteiger partial charge in [-0.15, -0.1) is 0 Å². The average Bonchev–Trinajstić information content (AvgIpc) is 2.93. The molecule has 1 atom stereocenters. The molecule has 40 heavy (non-hydrogen) atoms. The maximum absolute atomic E-state index is 12.5. The predicted molar refractivity (Wildman–Crippen MR) is 158 cm³/mol. The van der Waals surface area contributed by atoms with Crippen LogP contribution in [-0.4, -0.2) is 92.0 Å². The predicted octanol–water partition coefficient (Wildman–Crippen LogP) is 1.45. The number of carbonyl (C=O) groups excluding carboxylic acids is 1. The van der Waals surface area contributed by atoms with Gasteiger partial charge in [0.15, 0.2) is 22.5 Å². The Balaban J connectivity index is 1.32. The number of nitrogens with one attached hydrogen (secondary N) is 2. The van der Waals surface area contributed by atoms with Crippen molar-refractivity contribution in [2.45, 2.75) is 44.8 Å². The number of carbonyl (C=O) groups is 1. The highest BCUT2D eigenvalue weighted by atomic mass is 35.5. The molecule has 0 radical (unpaired) electrons. The van der Waals surface area contributed by atoms with E-state index in [2.05, 4.69) is 53.8 Å². The summed E-state index contributed by atoms with van der Waals surface area (Å²) in [6.07, 6.45) is 3.22. The summed E-state index contributed by atoms with van der Waals surface area (Å²) in [5, 5.41) is 8.26. The second-order valence-electron chi connectivity index (χ2n) is 10.1. The molecule has 0 bridgehead atoms. The number of benzene rings is 1. The van der Waals surface area contributed by atoms with Crippen molar-refractivity contribution in [3.63, 3.8) is 0 Å². The lowest BCUT2D eigenvalue weighted by molar-refractivity contribution is 0.0610. The van der Waals surface area contributed by atoms with Crippen LogP contribution in [0.4, 0.5) is 11.6 Å². The van der Waals surface area contributed by atoms with Crippen LogP contribution in [0.1, 0.15) is 42.2 Å². The van der Waals surface area contributed by atoms with Crippen molar-refractivity contribution < 1.29 is 13.2 Å². The lowest BCUT2D eigenvalue weighted by Crippen LogP contribution is -2.58. The Morgan fingerprint density at radius 3 is 2.42 bits per heavy atom. The van der Waals surface area contributed by atoms with E-state index in [1.165, 1.54) is 5.56 Å². The van der Waals surface area contributed by atoms with Crippen LogP contribution in [0.15, 0.2) is 24.3 Å². The van der Waals surface area contributed by atoms with Crippen molar-refractivity contribution in [1.29, 1.82) is 0 Å². The van der Waals surface area contributed by atoms with Crippen LogP contribution in [0.25, 0.3) is 0 Å². The number of nitrogen functional groups attached to an aromatic ring is 1. The number of hydrogen-bond acceptors (Lipinski definition) is 9. The maximum Gasteiger partial charge on any atom is 0.274 e. The van der Waals surface area contributed by atoms with E-state index in [4.69, 9.17) is 34.1 Å². The molecule has 1 aromatic carbocycles. The summed E-state index contributed by atoms with van der Waals surface area (Å²) in [5.74, 6) is -0.185. The molecule has 2 aliphatic rings. The van der Waals surface area contributed by atoms with Gasteiger partial charge in [0.2, 0.25) is 0 Å². The lowest BCUT2D eigenvalue weighted by atomic mass is 9.98. The Labute approximate surface area is 245 Å². The minimum absolute atomic E-state index is 0.00402. The fourth-order valence-corrected chi connectivity index (χ4v) is 6.16. The highest BCUT2D eigenvalue weighted by molar-refractivity contribution is 7.87. The topological polar surface area (TPSA) is 163 Å². The van der Waals surface area contributed by atoms with Crippen LogP contribution in [-0.2, 0) is 16.8 Å². The van der Waals surface area contributed by atoms with E-state index in [1.807, 2.05) is 12.1 Å². The summed E-state index contributed by atoms with van der Waals surface area (Å²) in [5.41, 5.74) is 7.25. The number of rotatable bonds is 10. The van der Waals surface area contributed by atoms with Crippen LogP contribution < -0.4 is 25.8 Å². The van der Waals surface area contributed by atoms with Crippen LogP contribution in [0.2, 0.25) is 10.2 Å². The lowest BCUT2D eigenvalue weighted by Gasteiger charge is -2.47. The number of amides is 1. The molecular weight excluding hydrogens is 577 g/mol. The molecule has 220 valence electrons. The first-order valence-electron chi connectivity index (χ1n) is 13.4. The van der Waals surface area contributed by atoms with Gasteiger partial charge in [0.1, 0.15) is 0 Å². The van der Waals surface area contributed by atoms with Crippen molar-refractivity contribution >= 4 is 51.0 Å². The number of anilines is 2. The molecule has 0 aliphatic carbocycles. The first-order valence-corrected chi connectivity index (χ1v) is 15.7. The second-order valence-corrected chi connectivity index (χ2v) is 12.3. The number of likely N-dealkylation sites (tertiary alicyclic amines) is 1. The summed E-state index contributed by atoms with van der Waals surface area (Å²) in [4.78, 5) is 28.4. The van der Waals surface area contributed by atoms with Crippen LogP contribution >= 0.6 is 23.2 Å². The van der Waals surface area contributed by atoms with Gasteiger partial charge >= 0.3 is 0 Å². The Bertz CT molecular complexity index is 1280. The van der Waals surface area contributed by atoms with Gasteiger partial charge in [0.25, 0.3) is 16.1 Å². The third kappa shape index (κ3) is 8.15. The molecule has 15 heteroatoms. The van der Waals surface area contributed by atoms with Crippen LogP contribution in [0, 0.1) is 0 Å². The van der Waals surface area contributed by atoms with E-state index in [1.54, 1.807) is 0 Å². The van der Waals surface area contributed by atoms with E-state index in [0.717, 1.165) is 63.6 Å². The minimum atomic E-state index is -3.84. The molecule has 4 rings (SSSR count). The molecule has 0 unspecified atom stereocenters. The molecule has 2 saturated heterocycles. The molecule has 3 heterocycles. The number of hydrogen-bond donors (Lipinski definition) is 4. The Morgan fingerprint density at radius 2 is 1.77 bits per heavy atom. The molecule has 0 saturated carbocycles. The highest BCUT2D eigenvalue weighted by Gasteiger charge is 2.34. The summed E-state index contributed by atoms with van der Waals surface area (Å²) in [6.45, 7) is 7.49. The summed E-state index contributed by atoms with van der Waals surface area (Å²) >= 11 is 12.5. The highest BCUT2D eigenvalue weighted by Crippen LogP contribution is 2.30. The number of aromatic nitrogens is 2. The normalized spacial score (nSPS) is 19.6. The molecule has 1 aromatic heterocycles. The molecule has 1 amide bonds. The number of nitrogens with two attached hydrogens (primary N) is 2. The standard InChI is InChI=1S/C25H37Cl2N9O3S/c1-2-19-16-35(24-22(27)32-21(23(28)33-24)25(37)30-9-10-31-40(29,38)39)13-14-36(19)20-7-11-34(12-8-20)15-17-3-5-18(26)6-4-17/h3-6,19-20,31H,2,7-16H2,1H3,(H2,28,33)(H,30,37)(H2,29,38,39)/t19-/m0/s1. The Kier molecular flexibility index (Phi) is 10.4. The first kappa shape index (κ1) is 30.7. The number of piperazine rings is 1. The molecular formula is C25H37Cl2N9O3S. The fourth-order valence-electron chi connectivity index (χ4n) is 5.40. The zero-order chi connectivity index (χ0) is 28.9. The third-order valence-corrected chi connectivity index (χ3v) is 8.55. The molecule has 0 spiro atoms. The van der Waals surface area contributed by atoms with Gasteiger partial charge in [-0.1, -0.05) is 42.3 Å². The molecule has 2 fully saturated rings. The van der Waals surface area contributed by atoms with Gasteiger partial charge < -0.3 is 16.0 Å².